The molecule has 0 radical (unpaired) electrons. The highest BCUT2D eigenvalue weighted by molar-refractivity contribution is 5.89. The van der Waals surface area contributed by atoms with E-state index < -0.39 is 6.04 Å². The van der Waals surface area contributed by atoms with Gasteiger partial charge in [0.15, 0.2) is 0 Å². The fourth-order valence-corrected chi connectivity index (χ4v) is 2.60. The Kier molecular flexibility index (Phi) is 6.42. The van der Waals surface area contributed by atoms with Crippen molar-refractivity contribution in [2.75, 3.05) is 27.2 Å². The standard InChI is InChI=1S/C14H28N4O2/c1-10(2)12(17(4)5)13(19)16-11(3)14(20)18-9-7-6-8-15-18/h10-12,15H,6-9H2,1-5H3,(H,16,19). The van der Waals surface area contributed by atoms with Crippen molar-refractivity contribution in [1.82, 2.24) is 20.7 Å². The molecule has 0 aromatic carbocycles. The third-order valence-electron chi connectivity index (χ3n) is 3.56. The molecule has 0 aromatic rings. The van der Waals surface area contributed by atoms with E-state index in [9.17, 15) is 9.59 Å². The van der Waals surface area contributed by atoms with Crippen LogP contribution in [0.15, 0.2) is 0 Å². The largest absolute Gasteiger partial charge is 0.343 e. The lowest BCUT2D eigenvalue weighted by atomic mass is 10.0. The van der Waals surface area contributed by atoms with E-state index in [1.54, 1.807) is 11.9 Å². The minimum absolute atomic E-state index is 0.0701. The quantitative estimate of drug-likeness (QED) is 0.757. The van der Waals surface area contributed by atoms with Gasteiger partial charge < -0.3 is 5.32 Å². The lowest BCUT2D eigenvalue weighted by Gasteiger charge is -2.32. The van der Waals surface area contributed by atoms with Gasteiger partial charge in [0, 0.05) is 13.1 Å². The van der Waals surface area contributed by atoms with E-state index in [0.717, 1.165) is 19.4 Å². The van der Waals surface area contributed by atoms with E-state index in [-0.39, 0.29) is 23.8 Å². The Morgan fingerprint density at radius 3 is 2.30 bits per heavy atom. The molecule has 0 aromatic heterocycles. The first-order valence-electron chi connectivity index (χ1n) is 7.36. The first-order valence-corrected chi connectivity index (χ1v) is 7.36. The van der Waals surface area contributed by atoms with Crippen LogP contribution in [0.3, 0.4) is 0 Å². The van der Waals surface area contributed by atoms with Crippen molar-refractivity contribution in [3.05, 3.63) is 0 Å². The summed E-state index contributed by atoms with van der Waals surface area (Å²) in [5, 5.41) is 4.45. The molecule has 116 valence electrons. The van der Waals surface area contributed by atoms with Gasteiger partial charge in [-0.2, -0.15) is 0 Å². The van der Waals surface area contributed by atoms with E-state index >= 15 is 0 Å². The first-order chi connectivity index (χ1) is 9.34. The molecule has 0 bridgehead atoms. The summed E-state index contributed by atoms with van der Waals surface area (Å²) in [6.45, 7) is 7.27. The van der Waals surface area contributed by atoms with Crippen molar-refractivity contribution >= 4 is 11.8 Å². The molecular weight excluding hydrogens is 256 g/mol. The van der Waals surface area contributed by atoms with Crippen LogP contribution in [0.5, 0.6) is 0 Å². The van der Waals surface area contributed by atoms with Gasteiger partial charge in [0.05, 0.1) is 6.04 Å². The minimum Gasteiger partial charge on any atom is -0.343 e. The second-order valence-corrected chi connectivity index (χ2v) is 5.99. The van der Waals surface area contributed by atoms with Crippen molar-refractivity contribution < 1.29 is 9.59 Å². The molecule has 2 N–H and O–H groups in total. The average molecular weight is 284 g/mol. The SMILES string of the molecule is CC(NC(=O)C(C(C)C)N(C)C)C(=O)N1CCCCN1. The van der Waals surface area contributed by atoms with E-state index in [2.05, 4.69) is 10.7 Å². The predicted molar refractivity (Wildman–Crippen MR) is 78.9 cm³/mol. The van der Waals surface area contributed by atoms with Crippen LogP contribution >= 0.6 is 0 Å². The van der Waals surface area contributed by atoms with Crippen LogP contribution in [0.4, 0.5) is 0 Å². The second-order valence-electron chi connectivity index (χ2n) is 5.99. The van der Waals surface area contributed by atoms with Gasteiger partial charge in [0.1, 0.15) is 6.04 Å². The molecule has 0 spiro atoms. The molecule has 1 rings (SSSR count). The normalized spacial score (nSPS) is 19.1. The highest BCUT2D eigenvalue weighted by Gasteiger charge is 2.29. The number of hydrogen-bond donors (Lipinski definition) is 2. The predicted octanol–water partition coefficient (Wildman–Crippen LogP) is 0.204. The van der Waals surface area contributed by atoms with Gasteiger partial charge in [-0.3, -0.25) is 19.5 Å². The summed E-state index contributed by atoms with van der Waals surface area (Å²) < 4.78 is 0. The maximum atomic E-state index is 12.3. The summed E-state index contributed by atoms with van der Waals surface area (Å²) in [5.41, 5.74) is 3.07. The molecule has 2 atom stereocenters. The van der Waals surface area contributed by atoms with Crippen molar-refractivity contribution in [3.63, 3.8) is 0 Å². The summed E-state index contributed by atoms with van der Waals surface area (Å²) in [5.74, 6) is 0.0302. The van der Waals surface area contributed by atoms with Crippen molar-refractivity contribution in [3.8, 4) is 0 Å². The number of nitrogens with zero attached hydrogens (tertiary/aromatic N) is 2. The van der Waals surface area contributed by atoms with Gasteiger partial charge in [-0.1, -0.05) is 13.8 Å². The van der Waals surface area contributed by atoms with E-state index in [1.807, 2.05) is 32.8 Å². The van der Waals surface area contributed by atoms with Gasteiger partial charge in [-0.15, -0.1) is 0 Å². The van der Waals surface area contributed by atoms with Crippen LogP contribution < -0.4 is 10.7 Å². The van der Waals surface area contributed by atoms with Gasteiger partial charge in [-0.25, -0.2) is 5.43 Å². The maximum Gasteiger partial charge on any atom is 0.258 e. The average Bonchev–Trinajstić information content (AvgIpc) is 2.37. The summed E-state index contributed by atoms with van der Waals surface area (Å²) in [7, 11) is 3.76. The van der Waals surface area contributed by atoms with Crippen LogP contribution in [0.2, 0.25) is 0 Å². The molecule has 6 heteroatoms. The lowest BCUT2D eigenvalue weighted by Crippen LogP contribution is -2.57. The highest BCUT2D eigenvalue weighted by Crippen LogP contribution is 2.08. The number of rotatable bonds is 5. The molecule has 0 saturated carbocycles. The first kappa shape index (κ1) is 16.9. The Morgan fingerprint density at radius 2 is 1.85 bits per heavy atom. The van der Waals surface area contributed by atoms with Crippen LogP contribution in [0, 0.1) is 5.92 Å². The van der Waals surface area contributed by atoms with Crippen LogP contribution in [-0.2, 0) is 9.59 Å². The molecule has 2 unspecified atom stereocenters. The molecule has 1 aliphatic rings. The summed E-state index contributed by atoms with van der Waals surface area (Å²) in [4.78, 5) is 26.4. The zero-order valence-corrected chi connectivity index (χ0v) is 13.3. The number of carbonyl (C=O) groups is 2. The number of nitrogens with one attached hydrogen (secondary N) is 2. The number of amides is 2. The Hall–Kier alpha value is -1.14. The van der Waals surface area contributed by atoms with Crippen LogP contribution in [0.1, 0.15) is 33.6 Å². The molecule has 1 heterocycles. The molecule has 2 amide bonds. The number of likely N-dealkylation sites (N-methyl/N-ethyl adjacent to an activating group) is 1. The number of carbonyl (C=O) groups excluding carboxylic acids is 2. The molecule has 1 saturated heterocycles. The molecule has 20 heavy (non-hydrogen) atoms. The molecular formula is C14H28N4O2. The summed E-state index contributed by atoms with van der Waals surface area (Å²) >= 11 is 0. The smallest absolute Gasteiger partial charge is 0.258 e. The monoisotopic (exact) mass is 284 g/mol. The van der Waals surface area contributed by atoms with E-state index in [4.69, 9.17) is 0 Å². The van der Waals surface area contributed by atoms with Gasteiger partial charge >= 0.3 is 0 Å². The van der Waals surface area contributed by atoms with E-state index in [1.165, 1.54) is 0 Å². The van der Waals surface area contributed by atoms with Crippen molar-refractivity contribution in [2.45, 2.75) is 45.7 Å². The van der Waals surface area contributed by atoms with Crippen LogP contribution in [-0.4, -0.2) is 61.0 Å². The Balaban J connectivity index is 2.57. The number of hydrogen-bond acceptors (Lipinski definition) is 4. The third-order valence-corrected chi connectivity index (χ3v) is 3.56. The van der Waals surface area contributed by atoms with Gasteiger partial charge in [0.25, 0.3) is 5.91 Å². The lowest BCUT2D eigenvalue weighted by molar-refractivity contribution is -0.140. The van der Waals surface area contributed by atoms with Crippen molar-refractivity contribution in [2.24, 2.45) is 5.92 Å². The highest BCUT2D eigenvalue weighted by atomic mass is 16.2. The molecule has 1 fully saturated rings. The summed E-state index contributed by atoms with van der Waals surface area (Å²) in [6, 6.07) is -0.728. The topological polar surface area (TPSA) is 64.7 Å². The second kappa shape index (κ2) is 7.59. The van der Waals surface area contributed by atoms with Crippen molar-refractivity contribution in [1.29, 1.82) is 0 Å². The van der Waals surface area contributed by atoms with Gasteiger partial charge in [-0.05, 0) is 39.8 Å². The molecule has 1 aliphatic heterocycles. The number of hydrazine groups is 1. The Bertz CT molecular complexity index is 330. The fourth-order valence-electron chi connectivity index (χ4n) is 2.60. The molecule has 6 nitrogen and oxygen atoms in total. The van der Waals surface area contributed by atoms with Crippen LogP contribution in [0.25, 0.3) is 0 Å². The molecule has 0 aliphatic carbocycles. The summed E-state index contributed by atoms with van der Waals surface area (Å²) in [6.07, 6.45) is 2.09. The zero-order chi connectivity index (χ0) is 15.3. The Morgan fingerprint density at radius 1 is 1.20 bits per heavy atom. The van der Waals surface area contributed by atoms with E-state index in [0.29, 0.717) is 6.54 Å². The maximum absolute atomic E-state index is 12.3. The Labute approximate surface area is 121 Å². The third kappa shape index (κ3) is 4.45. The minimum atomic E-state index is -0.505. The fraction of sp³-hybridized carbons (Fsp3) is 0.857. The van der Waals surface area contributed by atoms with Gasteiger partial charge in [0.2, 0.25) is 5.91 Å². The zero-order valence-electron chi connectivity index (χ0n) is 13.3.